The number of β-amino-alcohol motifs (C(OH)–C–C–N with tert-alkyl or cyclic N) is 1. The molecule has 1 atom stereocenters. The third-order valence-electron chi connectivity index (χ3n) is 4.51. The molecular weight excluding hydrogens is 278 g/mol. The van der Waals surface area contributed by atoms with Crippen molar-refractivity contribution in [1.29, 1.82) is 0 Å². The number of aliphatic hydroxyl groups excluding tert-OH is 2. The second-order valence-corrected chi connectivity index (χ2v) is 7.58. The van der Waals surface area contributed by atoms with Crippen molar-refractivity contribution in [2.75, 3.05) is 13.2 Å². The van der Waals surface area contributed by atoms with Crippen LogP contribution in [-0.4, -0.2) is 51.6 Å². The first-order chi connectivity index (χ1) is 10.2. The first-order valence-corrected chi connectivity index (χ1v) is 8.02. The van der Waals surface area contributed by atoms with Gasteiger partial charge in [-0.3, -0.25) is 4.90 Å². The van der Waals surface area contributed by atoms with Gasteiger partial charge in [0.15, 0.2) is 0 Å². The number of piperidine rings is 1. The molecule has 0 spiro atoms. The van der Waals surface area contributed by atoms with Gasteiger partial charge in [0.05, 0.1) is 6.10 Å². The molecule has 0 radical (unpaired) electrons. The predicted molar refractivity (Wildman–Crippen MR) is 88.0 cm³/mol. The lowest BCUT2D eigenvalue weighted by Crippen LogP contribution is -2.63. The van der Waals surface area contributed by atoms with Gasteiger partial charge in [-0.15, -0.1) is 0 Å². The largest absolute Gasteiger partial charge is 0.491 e. The van der Waals surface area contributed by atoms with E-state index in [9.17, 15) is 10.2 Å². The fourth-order valence-electron chi connectivity index (χ4n) is 3.73. The molecule has 124 valence electrons. The summed E-state index contributed by atoms with van der Waals surface area (Å²) in [5.74, 6) is 0.772. The van der Waals surface area contributed by atoms with Crippen LogP contribution in [0.1, 0.15) is 40.5 Å². The first-order valence-electron chi connectivity index (χ1n) is 8.02. The van der Waals surface area contributed by atoms with Gasteiger partial charge in [0.2, 0.25) is 0 Å². The van der Waals surface area contributed by atoms with Crippen molar-refractivity contribution in [2.45, 2.75) is 63.8 Å². The van der Waals surface area contributed by atoms with Crippen molar-refractivity contribution in [2.24, 2.45) is 0 Å². The molecule has 4 nitrogen and oxygen atoms in total. The van der Waals surface area contributed by atoms with Crippen molar-refractivity contribution in [3.05, 3.63) is 30.3 Å². The molecule has 1 fully saturated rings. The van der Waals surface area contributed by atoms with Gasteiger partial charge in [0.1, 0.15) is 18.5 Å². The van der Waals surface area contributed by atoms with Gasteiger partial charge in [-0.1, -0.05) is 18.2 Å². The van der Waals surface area contributed by atoms with Crippen molar-refractivity contribution >= 4 is 0 Å². The number of rotatable bonds is 5. The van der Waals surface area contributed by atoms with E-state index in [4.69, 9.17) is 4.74 Å². The molecule has 2 rings (SSSR count). The van der Waals surface area contributed by atoms with Crippen molar-refractivity contribution in [3.8, 4) is 5.75 Å². The minimum Gasteiger partial charge on any atom is -0.491 e. The zero-order chi connectivity index (χ0) is 16.4. The Bertz CT molecular complexity index is 454. The zero-order valence-electron chi connectivity index (χ0n) is 14.1. The molecule has 1 aliphatic rings. The Balaban J connectivity index is 1.95. The number of likely N-dealkylation sites (tertiary alicyclic amines) is 1. The van der Waals surface area contributed by atoms with Crippen molar-refractivity contribution < 1.29 is 14.9 Å². The fraction of sp³-hybridized carbons (Fsp3) is 0.667. The smallest absolute Gasteiger partial charge is 0.119 e. The Labute approximate surface area is 133 Å². The lowest BCUT2D eigenvalue weighted by molar-refractivity contribution is -0.1000. The van der Waals surface area contributed by atoms with Crippen LogP contribution in [0.3, 0.4) is 0 Å². The van der Waals surface area contributed by atoms with E-state index in [-0.39, 0.29) is 23.8 Å². The summed E-state index contributed by atoms with van der Waals surface area (Å²) in [6.07, 6.45) is 0.610. The van der Waals surface area contributed by atoms with Crippen LogP contribution in [0.15, 0.2) is 30.3 Å². The lowest BCUT2D eigenvalue weighted by Gasteiger charge is -2.54. The van der Waals surface area contributed by atoms with E-state index in [1.807, 2.05) is 30.3 Å². The van der Waals surface area contributed by atoms with Gasteiger partial charge >= 0.3 is 0 Å². The molecule has 2 N–H and O–H groups in total. The molecule has 1 aromatic carbocycles. The highest BCUT2D eigenvalue weighted by molar-refractivity contribution is 5.20. The number of aliphatic hydroxyl groups is 2. The van der Waals surface area contributed by atoms with E-state index in [0.29, 0.717) is 6.54 Å². The highest BCUT2D eigenvalue weighted by atomic mass is 16.5. The summed E-state index contributed by atoms with van der Waals surface area (Å²) >= 11 is 0. The number of benzene rings is 1. The molecule has 0 bridgehead atoms. The average molecular weight is 307 g/mol. The van der Waals surface area contributed by atoms with Crippen LogP contribution in [0, 0.1) is 0 Å². The van der Waals surface area contributed by atoms with Crippen LogP contribution < -0.4 is 4.74 Å². The van der Waals surface area contributed by atoms with Gasteiger partial charge in [-0.25, -0.2) is 0 Å². The maximum atomic E-state index is 10.4. The van der Waals surface area contributed by atoms with E-state index in [1.165, 1.54) is 0 Å². The monoisotopic (exact) mass is 307 g/mol. The maximum absolute atomic E-state index is 10.4. The second-order valence-electron chi connectivity index (χ2n) is 7.58. The Kier molecular flexibility index (Phi) is 5.15. The topological polar surface area (TPSA) is 52.9 Å². The zero-order valence-corrected chi connectivity index (χ0v) is 14.1. The van der Waals surface area contributed by atoms with Crippen LogP contribution in [0.4, 0.5) is 0 Å². The number of para-hydroxylation sites is 1. The van der Waals surface area contributed by atoms with Crippen molar-refractivity contribution in [3.63, 3.8) is 0 Å². The minimum atomic E-state index is -0.561. The van der Waals surface area contributed by atoms with Crippen LogP contribution in [0.25, 0.3) is 0 Å². The molecule has 0 aromatic heterocycles. The number of ether oxygens (including phenoxy) is 1. The molecule has 1 aromatic rings. The molecule has 0 unspecified atom stereocenters. The van der Waals surface area contributed by atoms with Crippen LogP contribution in [-0.2, 0) is 0 Å². The fourth-order valence-corrected chi connectivity index (χ4v) is 3.73. The van der Waals surface area contributed by atoms with Gasteiger partial charge in [0, 0.05) is 17.6 Å². The minimum absolute atomic E-state index is 0.144. The highest BCUT2D eigenvalue weighted by Crippen LogP contribution is 2.38. The van der Waals surface area contributed by atoms with Gasteiger partial charge in [-0.05, 0) is 52.7 Å². The van der Waals surface area contributed by atoms with Gasteiger partial charge in [0.25, 0.3) is 0 Å². The second kappa shape index (κ2) is 6.57. The van der Waals surface area contributed by atoms with Crippen molar-refractivity contribution in [1.82, 2.24) is 4.90 Å². The first kappa shape index (κ1) is 17.3. The Hall–Kier alpha value is -1.10. The van der Waals surface area contributed by atoms with Crippen LogP contribution in [0.5, 0.6) is 5.75 Å². The molecule has 1 heterocycles. The summed E-state index contributed by atoms with van der Waals surface area (Å²) in [7, 11) is 0. The van der Waals surface area contributed by atoms with E-state index >= 15 is 0 Å². The third-order valence-corrected chi connectivity index (χ3v) is 4.51. The molecule has 4 heteroatoms. The third kappa shape index (κ3) is 4.22. The highest BCUT2D eigenvalue weighted by Gasteiger charge is 2.45. The van der Waals surface area contributed by atoms with Gasteiger partial charge < -0.3 is 14.9 Å². The maximum Gasteiger partial charge on any atom is 0.119 e. The molecular formula is C18H29NO3. The number of nitrogens with zero attached hydrogens (tertiary/aromatic N) is 1. The summed E-state index contributed by atoms with van der Waals surface area (Å²) in [4.78, 5) is 2.30. The predicted octanol–water partition coefficient (Wildman–Crippen LogP) is 2.44. The van der Waals surface area contributed by atoms with E-state index in [2.05, 4.69) is 32.6 Å². The van der Waals surface area contributed by atoms with Crippen LogP contribution >= 0.6 is 0 Å². The summed E-state index contributed by atoms with van der Waals surface area (Å²) in [6, 6.07) is 9.54. The lowest BCUT2D eigenvalue weighted by atomic mass is 9.78. The Morgan fingerprint density at radius 3 is 2.23 bits per heavy atom. The van der Waals surface area contributed by atoms with Gasteiger partial charge in [-0.2, -0.15) is 0 Å². The quantitative estimate of drug-likeness (QED) is 0.877. The SMILES string of the molecule is CC1(C)CC(O)CC(C)(C)N1C[C@H](O)COc1ccccc1. The molecule has 0 amide bonds. The standard InChI is InChI=1S/C18H29NO3/c1-17(2)10-14(20)11-18(3,4)19(17)12-15(21)13-22-16-8-6-5-7-9-16/h5-9,14-15,20-21H,10-13H2,1-4H3/t15-/m0/s1. The molecule has 0 aliphatic carbocycles. The number of hydrogen-bond donors (Lipinski definition) is 2. The molecule has 1 aliphatic heterocycles. The Morgan fingerprint density at radius 1 is 1.14 bits per heavy atom. The Morgan fingerprint density at radius 2 is 1.68 bits per heavy atom. The average Bonchev–Trinajstić information content (AvgIpc) is 2.40. The number of hydrogen-bond acceptors (Lipinski definition) is 4. The summed E-state index contributed by atoms with van der Waals surface area (Å²) in [5.41, 5.74) is -0.288. The summed E-state index contributed by atoms with van der Waals surface area (Å²) < 4.78 is 5.64. The molecule has 22 heavy (non-hydrogen) atoms. The van der Waals surface area contributed by atoms with E-state index in [0.717, 1.165) is 18.6 Å². The van der Waals surface area contributed by atoms with Crippen LogP contribution in [0.2, 0.25) is 0 Å². The normalized spacial score (nSPS) is 23.2. The summed E-state index contributed by atoms with van der Waals surface area (Å²) in [6.45, 7) is 9.32. The van der Waals surface area contributed by atoms with E-state index < -0.39 is 6.10 Å². The van der Waals surface area contributed by atoms with E-state index in [1.54, 1.807) is 0 Å². The summed E-state index contributed by atoms with van der Waals surface area (Å²) in [5, 5.41) is 20.4. The molecule has 1 saturated heterocycles. The molecule has 0 saturated carbocycles.